The quantitative estimate of drug-likeness (QED) is 0.546. The van der Waals surface area contributed by atoms with Crippen LogP contribution in [0.4, 0.5) is 0 Å². The zero-order valence-electron chi connectivity index (χ0n) is 11.8. The molecule has 1 fully saturated rings. The normalized spacial score (nSPS) is 34.3. The Kier molecular flexibility index (Phi) is 8.92. The molecule has 0 aromatic heterocycles. The lowest BCUT2D eigenvalue weighted by Gasteiger charge is -2.39. The number of carboxylic acid groups (broad SMARTS) is 1. The Balaban J connectivity index is 0.00000154. The van der Waals surface area contributed by atoms with Crippen molar-refractivity contribution in [2.24, 2.45) is 0 Å². The molecule has 0 aromatic rings. The van der Waals surface area contributed by atoms with E-state index in [9.17, 15) is 20.1 Å². The minimum atomic E-state index is -1.59. The smallest absolute Gasteiger partial charge is 0.335 e. The first kappa shape index (κ1) is 18.3. The van der Waals surface area contributed by atoms with Crippen molar-refractivity contribution in [2.45, 2.75) is 77.0 Å². The van der Waals surface area contributed by atoms with Crippen molar-refractivity contribution in [3.8, 4) is 0 Å². The van der Waals surface area contributed by atoms with Crippen LogP contribution < -0.4 is 0 Å². The third-order valence-corrected chi connectivity index (χ3v) is 3.05. The van der Waals surface area contributed by atoms with Gasteiger partial charge in [-0.2, -0.15) is 0 Å². The van der Waals surface area contributed by atoms with Crippen LogP contribution in [0.5, 0.6) is 0 Å². The summed E-state index contributed by atoms with van der Waals surface area (Å²) in [5.74, 6) is -1.33. The van der Waals surface area contributed by atoms with Gasteiger partial charge in [-0.3, -0.25) is 0 Å². The molecule has 1 aliphatic rings. The first-order valence-electron chi connectivity index (χ1n) is 6.91. The number of carboxylic acids is 1. The molecule has 114 valence electrons. The maximum atomic E-state index is 10.8. The summed E-state index contributed by atoms with van der Waals surface area (Å²) in [5.41, 5.74) is 0. The highest BCUT2D eigenvalue weighted by atomic mass is 16.6. The van der Waals surface area contributed by atoms with Gasteiger partial charge in [-0.15, -0.1) is 0 Å². The Bertz CT molecular complexity index is 258. The van der Waals surface area contributed by atoms with Gasteiger partial charge in [-0.1, -0.05) is 40.0 Å². The second-order valence-electron chi connectivity index (χ2n) is 4.40. The molecule has 19 heavy (non-hydrogen) atoms. The number of hydrogen-bond acceptors (Lipinski definition) is 5. The number of ether oxygens (including phenoxy) is 1. The van der Waals surface area contributed by atoms with E-state index in [0.29, 0.717) is 6.42 Å². The van der Waals surface area contributed by atoms with Crippen LogP contribution in [0, 0.1) is 0 Å². The van der Waals surface area contributed by atoms with Gasteiger partial charge in [0.15, 0.2) is 6.10 Å². The summed E-state index contributed by atoms with van der Waals surface area (Å²) in [6.45, 7) is 6.02. The highest BCUT2D eigenvalue weighted by Gasteiger charge is 2.46. The summed E-state index contributed by atoms with van der Waals surface area (Å²) in [6, 6.07) is 0. The van der Waals surface area contributed by atoms with Crippen molar-refractivity contribution in [1.29, 1.82) is 0 Å². The highest BCUT2D eigenvalue weighted by molar-refractivity contribution is 5.73. The molecule has 0 saturated carbocycles. The number of aliphatic carboxylic acids is 1. The number of rotatable bonds is 5. The first-order chi connectivity index (χ1) is 8.99. The Morgan fingerprint density at radius 1 is 1.05 bits per heavy atom. The fraction of sp³-hybridized carbons (Fsp3) is 0.923. The monoisotopic (exact) mass is 278 g/mol. The van der Waals surface area contributed by atoms with Crippen LogP contribution in [-0.2, 0) is 9.53 Å². The van der Waals surface area contributed by atoms with Crippen molar-refractivity contribution >= 4 is 5.97 Å². The molecule has 1 heterocycles. The summed E-state index contributed by atoms with van der Waals surface area (Å²) in [5, 5.41) is 37.5. The summed E-state index contributed by atoms with van der Waals surface area (Å²) in [6.07, 6.45) is -3.31. The molecule has 1 rings (SSSR count). The van der Waals surface area contributed by atoms with E-state index in [1.54, 1.807) is 0 Å². The van der Waals surface area contributed by atoms with Gasteiger partial charge in [0.05, 0.1) is 6.10 Å². The molecular formula is C13H26O6. The fourth-order valence-electron chi connectivity index (χ4n) is 1.99. The molecule has 0 radical (unpaired) electrons. The average molecular weight is 278 g/mol. The van der Waals surface area contributed by atoms with E-state index in [4.69, 9.17) is 9.84 Å². The van der Waals surface area contributed by atoms with Crippen molar-refractivity contribution in [1.82, 2.24) is 0 Å². The molecule has 1 saturated heterocycles. The predicted molar refractivity (Wildman–Crippen MR) is 69.8 cm³/mol. The maximum Gasteiger partial charge on any atom is 0.335 e. The largest absolute Gasteiger partial charge is 0.479 e. The zero-order chi connectivity index (χ0) is 15.0. The van der Waals surface area contributed by atoms with Crippen LogP contribution in [0.2, 0.25) is 0 Å². The molecule has 0 aliphatic carbocycles. The van der Waals surface area contributed by atoms with Gasteiger partial charge in [0.2, 0.25) is 0 Å². The van der Waals surface area contributed by atoms with Crippen LogP contribution in [0.25, 0.3) is 0 Å². The predicted octanol–water partition coefficient (Wildman–Crippen LogP) is 0.528. The molecular weight excluding hydrogens is 252 g/mol. The van der Waals surface area contributed by atoms with E-state index in [2.05, 4.69) is 0 Å². The third-order valence-electron chi connectivity index (χ3n) is 3.05. The first-order valence-corrected chi connectivity index (χ1v) is 6.91. The lowest BCUT2D eigenvalue weighted by Crippen LogP contribution is -2.59. The van der Waals surface area contributed by atoms with Crippen molar-refractivity contribution in [3.05, 3.63) is 0 Å². The highest BCUT2D eigenvalue weighted by Crippen LogP contribution is 2.24. The Morgan fingerprint density at radius 2 is 1.63 bits per heavy atom. The molecule has 0 aromatic carbocycles. The lowest BCUT2D eigenvalue weighted by atomic mass is 9.92. The molecule has 6 heteroatoms. The van der Waals surface area contributed by atoms with E-state index in [0.717, 1.165) is 19.3 Å². The number of hydrogen-bond donors (Lipinski definition) is 4. The van der Waals surface area contributed by atoms with Gasteiger partial charge in [-0.05, 0) is 6.42 Å². The SMILES string of the molecule is CC.CCCCCC1OC(C(=O)O)C(O)C(O)C1O. The van der Waals surface area contributed by atoms with Gasteiger partial charge in [0.1, 0.15) is 18.3 Å². The summed E-state index contributed by atoms with van der Waals surface area (Å²) in [4.78, 5) is 10.8. The lowest BCUT2D eigenvalue weighted by molar-refractivity contribution is -0.228. The van der Waals surface area contributed by atoms with E-state index < -0.39 is 36.5 Å². The van der Waals surface area contributed by atoms with Crippen molar-refractivity contribution in [3.63, 3.8) is 0 Å². The maximum absolute atomic E-state index is 10.8. The van der Waals surface area contributed by atoms with E-state index in [1.807, 2.05) is 20.8 Å². The number of aliphatic hydroxyl groups is 3. The number of aliphatic hydroxyl groups excluding tert-OH is 3. The van der Waals surface area contributed by atoms with Crippen LogP contribution in [-0.4, -0.2) is 56.9 Å². The second kappa shape index (κ2) is 9.25. The average Bonchev–Trinajstić information content (AvgIpc) is 2.41. The Hall–Kier alpha value is -0.690. The van der Waals surface area contributed by atoms with Gasteiger partial charge in [0.25, 0.3) is 0 Å². The molecule has 1 aliphatic heterocycles. The summed E-state index contributed by atoms with van der Waals surface area (Å²) in [7, 11) is 0. The summed E-state index contributed by atoms with van der Waals surface area (Å²) < 4.78 is 5.13. The topological polar surface area (TPSA) is 107 Å². The van der Waals surface area contributed by atoms with Crippen LogP contribution in [0.15, 0.2) is 0 Å². The van der Waals surface area contributed by atoms with E-state index in [-0.39, 0.29) is 0 Å². The van der Waals surface area contributed by atoms with E-state index in [1.165, 1.54) is 0 Å². The molecule has 6 nitrogen and oxygen atoms in total. The van der Waals surface area contributed by atoms with Gasteiger partial charge < -0.3 is 25.2 Å². The van der Waals surface area contributed by atoms with Crippen LogP contribution in [0.1, 0.15) is 46.5 Å². The zero-order valence-corrected chi connectivity index (χ0v) is 11.8. The van der Waals surface area contributed by atoms with Crippen molar-refractivity contribution in [2.75, 3.05) is 0 Å². The Morgan fingerprint density at radius 3 is 2.11 bits per heavy atom. The number of unbranched alkanes of at least 4 members (excludes halogenated alkanes) is 2. The minimum Gasteiger partial charge on any atom is -0.479 e. The minimum absolute atomic E-state index is 0.475. The molecule has 0 amide bonds. The van der Waals surface area contributed by atoms with Gasteiger partial charge in [-0.25, -0.2) is 4.79 Å². The third kappa shape index (κ3) is 5.06. The Labute approximate surface area is 114 Å². The molecule has 0 spiro atoms. The standard InChI is InChI=1S/C11H20O6.C2H6/c1-2-3-4-5-6-7(12)8(13)9(14)10(17-6)11(15)16;1-2/h6-10,12-14H,2-5H2,1H3,(H,15,16);1-2H3. The molecule has 5 unspecified atom stereocenters. The molecule has 4 N–H and O–H groups in total. The van der Waals surface area contributed by atoms with Crippen LogP contribution >= 0.6 is 0 Å². The molecule has 5 atom stereocenters. The second-order valence-corrected chi connectivity index (χ2v) is 4.40. The van der Waals surface area contributed by atoms with Gasteiger partial charge in [0, 0.05) is 0 Å². The summed E-state index contributed by atoms with van der Waals surface area (Å²) >= 11 is 0. The van der Waals surface area contributed by atoms with Gasteiger partial charge >= 0.3 is 5.97 Å². The van der Waals surface area contributed by atoms with Crippen molar-refractivity contribution < 1.29 is 30.0 Å². The van der Waals surface area contributed by atoms with E-state index >= 15 is 0 Å². The number of carbonyl (C=O) groups is 1. The molecule has 0 bridgehead atoms. The fourth-order valence-corrected chi connectivity index (χ4v) is 1.99. The van der Waals surface area contributed by atoms with Crippen LogP contribution in [0.3, 0.4) is 0 Å².